The maximum Gasteiger partial charge on any atom is 0.118 e. The zero-order valence-corrected chi connectivity index (χ0v) is 11.6. The lowest BCUT2D eigenvalue weighted by molar-refractivity contribution is 0.148. The average Bonchev–Trinajstić information content (AvgIpc) is 2.40. The molecular weight excluding hydrogens is 224 g/mol. The number of piperazine rings is 1. The summed E-state index contributed by atoms with van der Waals surface area (Å²) in [6.45, 7) is 7.94. The minimum absolute atomic E-state index is 0.608. The Morgan fingerprint density at radius 2 is 2.00 bits per heavy atom. The molecule has 0 saturated carbocycles. The standard InChI is InChI=1S/C15H24N2O/c1-12-11-17(13(2)10-16-12)9-8-14-4-6-15(18-3)7-5-14/h4-7,12-13,16H,8-11H2,1-3H3. The third kappa shape index (κ3) is 3.47. The van der Waals surface area contributed by atoms with Gasteiger partial charge in [0, 0.05) is 31.7 Å². The van der Waals surface area contributed by atoms with Crippen molar-refractivity contribution in [3.8, 4) is 5.75 Å². The number of nitrogens with one attached hydrogen (secondary N) is 1. The van der Waals surface area contributed by atoms with Crippen molar-refractivity contribution in [2.75, 3.05) is 26.7 Å². The van der Waals surface area contributed by atoms with Crippen LogP contribution in [-0.4, -0.2) is 43.7 Å². The van der Waals surface area contributed by atoms with E-state index in [4.69, 9.17) is 4.74 Å². The van der Waals surface area contributed by atoms with Gasteiger partial charge >= 0.3 is 0 Å². The van der Waals surface area contributed by atoms with Crippen LogP contribution < -0.4 is 10.1 Å². The molecule has 1 aliphatic rings. The maximum atomic E-state index is 5.18. The van der Waals surface area contributed by atoms with Gasteiger partial charge < -0.3 is 10.1 Å². The predicted molar refractivity (Wildman–Crippen MR) is 75.2 cm³/mol. The van der Waals surface area contributed by atoms with Gasteiger partial charge in [0.15, 0.2) is 0 Å². The summed E-state index contributed by atoms with van der Waals surface area (Å²) in [5.41, 5.74) is 1.38. The number of benzene rings is 1. The fourth-order valence-electron chi connectivity index (χ4n) is 2.47. The minimum Gasteiger partial charge on any atom is -0.497 e. The van der Waals surface area contributed by atoms with E-state index in [2.05, 4.69) is 36.2 Å². The summed E-state index contributed by atoms with van der Waals surface area (Å²) < 4.78 is 5.18. The Kier molecular flexibility index (Phi) is 4.61. The molecule has 100 valence electrons. The lowest BCUT2D eigenvalue weighted by Gasteiger charge is -2.37. The van der Waals surface area contributed by atoms with Crippen molar-refractivity contribution in [1.82, 2.24) is 10.2 Å². The first-order valence-corrected chi connectivity index (χ1v) is 6.79. The molecule has 1 aromatic carbocycles. The number of rotatable bonds is 4. The first-order chi connectivity index (χ1) is 8.69. The van der Waals surface area contributed by atoms with Crippen LogP contribution in [0.25, 0.3) is 0 Å². The summed E-state index contributed by atoms with van der Waals surface area (Å²) in [5.74, 6) is 0.933. The summed E-state index contributed by atoms with van der Waals surface area (Å²) in [5, 5.41) is 3.52. The van der Waals surface area contributed by atoms with Crippen molar-refractivity contribution < 1.29 is 4.74 Å². The molecule has 0 aromatic heterocycles. The van der Waals surface area contributed by atoms with Gasteiger partial charge in [-0.15, -0.1) is 0 Å². The molecule has 2 unspecified atom stereocenters. The maximum absolute atomic E-state index is 5.18. The summed E-state index contributed by atoms with van der Waals surface area (Å²) >= 11 is 0. The molecule has 0 aliphatic carbocycles. The zero-order valence-electron chi connectivity index (χ0n) is 11.6. The average molecular weight is 248 g/mol. The van der Waals surface area contributed by atoms with E-state index < -0.39 is 0 Å². The Morgan fingerprint density at radius 1 is 1.28 bits per heavy atom. The number of nitrogens with zero attached hydrogens (tertiary/aromatic N) is 1. The quantitative estimate of drug-likeness (QED) is 0.881. The van der Waals surface area contributed by atoms with E-state index in [0.29, 0.717) is 12.1 Å². The zero-order chi connectivity index (χ0) is 13.0. The van der Waals surface area contributed by atoms with Crippen LogP contribution in [-0.2, 0) is 6.42 Å². The van der Waals surface area contributed by atoms with Crippen molar-refractivity contribution in [1.29, 1.82) is 0 Å². The second-order valence-electron chi connectivity index (χ2n) is 5.25. The highest BCUT2D eigenvalue weighted by atomic mass is 16.5. The van der Waals surface area contributed by atoms with Gasteiger partial charge in [-0.1, -0.05) is 12.1 Å². The molecule has 1 aromatic rings. The summed E-state index contributed by atoms with van der Waals surface area (Å²) in [6, 6.07) is 9.65. The Balaban J connectivity index is 1.86. The fraction of sp³-hybridized carbons (Fsp3) is 0.600. The van der Waals surface area contributed by atoms with Crippen LogP contribution in [0.3, 0.4) is 0 Å². The molecule has 0 amide bonds. The molecule has 1 fully saturated rings. The minimum atomic E-state index is 0.608. The van der Waals surface area contributed by atoms with Crippen molar-refractivity contribution >= 4 is 0 Å². The molecule has 1 N–H and O–H groups in total. The van der Waals surface area contributed by atoms with E-state index in [1.807, 2.05) is 12.1 Å². The van der Waals surface area contributed by atoms with Crippen LogP contribution in [0.5, 0.6) is 5.75 Å². The number of ether oxygens (including phenoxy) is 1. The summed E-state index contributed by atoms with van der Waals surface area (Å²) in [7, 11) is 1.71. The smallest absolute Gasteiger partial charge is 0.118 e. The predicted octanol–water partition coefficient (Wildman–Crippen LogP) is 1.92. The first-order valence-electron chi connectivity index (χ1n) is 6.79. The molecule has 0 bridgehead atoms. The van der Waals surface area contributed by atoms with Gasteiger partial charge in [-0.2, -0.15) is 0 Å². The molecule has 1 aliphatic heterocycles. The highest BCUT2D eigenvalue weighted by Gasteiger charge is 2.21. The molecule has 18 heavy (non-hydrogen) atoms. The van der Waals surface area contributed by atoms with Gasteiger partial charge in [0.05, 0.1) is 7.11 Å². The van der Waals surface area contributed by atoms with Crippen molar-refractivity contribution in [2.24, 2.45) is 0 Å². The van der Waals surface area contributed by atoms with Gasteiger partial charge in [-0.05, 0) is 38.0 Å². The highest BCUT2D eigenvalue weighted by molar-refractivity contribution is 5.27. The van der Waals surface area contributed by atoms with Crippen LogP contribution in [0.2, 0.25) is 0 Å². The van der Waals surface area contributed by atoms with Gasteiger partial charge in [0.25, 0.3) is 0 Å². The molecular formula is C15H24N2O. The van der Waals surface area contributed by atoms with Gasteiger partial charge in [-0.3, -0.25) is 4.90 Å². The molecule has 0 spiro atoms. The third-order valence-electron chi connectivity index (χ3n) is 3.74. The molecule has 1 saturated heterocycles. The van der Waals surface area contributed by atoms with E-state index in [9.17, 15) is 0 Å². The highest BCUT2D eigenvalue weighted by Crippen LogP contribution is 2.13. The largest absolute Gasteiger partial charge is 0.497 e. The lowest BCUT2D eigenvalue weighted by Crippen LogP contribution is -2.54. The van der Waals surface area contributed by atoms with E-state index in [0.717, 1.165) is 31.8 Å². The Bertz CT molecular complexity index is 363. The Morgan fingerprint density at radius 3 is 2.67 bits per heavy atom. The summed E-state index contributed by atoms with van der Waals surface area (Å²) in [4.78, 5) is 2.57. The molecule has 2 atom stereocenters. The second-order valence-corrected chi connectivity index (χ2v) is 5.25. The van der Waals surface area contributed by atoms with E-state index in [1.54, 1.807) is 7.11 Å². The van der Waals surface area contributed by atoms with Gasteiger partial charge in [-0.25, -0.2) is 0 Å². The van der Waals surface area contributed by atoms with Crippen molar-refractivity contribution in [3.63, 3.8) is 0 Å². The van der Waals surface area contributed by atoms with E-state index >= 15 is 0 Å². The first kappa shape index (κ1) is 13.4. The Hall–Kier alpha value is -1.06. The topological polar surface area (TPSA) is 24.5 Å². The molecule has 3 nitrogen and oxygen atoms in total. The lowest BCUT2D eigenvalue weighted by atomic mass is 10.1. The van der Waals surface area contributed by atoms with Crippen molar-refractivity contribution in [2.45, 2.75) is 32.4 Å². The van der Waals surface area contributed by atoms with Crippen LogP contribution in [0.4, 0.5) is 0 Å². The van der Waals surface area contributed by atoms with Crippen LogP contribution >= 0.6 is 0 Å². The number of methoxy groups -OCH3 is 1. The molecule has 3 heteroatoms. The molecule has 1 heterocycles. The van der Waals surface area contributed by atoms with Crippen LogP contribution in [0, 0.1) is 0 Å². The van der Waals surface area contributed by atoms with E-state index in [1.165, 1.54) is 5.56 Å². The summed E-state index contributed by atoms with van der Waals surface area (Å²) in [6.07, 6.45) is 1.11. The SMILES string of the molecule is COc1ccc(CCN2CC(C)NCC2C)cc1. The number of hydrogen-bond donors (Lipinski definition) is 1. The fourth-order valence-corrected chi connectivity index (χ4v) is 2.47. The third-order valence-corrected chi connectivity index (χ3v) is 3.74. The Labute approximate surface area is 110 Å². The second kappa shape index (κ2) is 6.21. The normalized spacial score (nSPS) is 25.1. The van der Waals surface area contributed by atoms with E-state index in [-0.39, 0.29) is 0 Å². The van der Waals surface area contributed by atoms with Crippen molar-refractivity contribution in [3.05, 3.63) is 29.8 Å². The molecule has 2 rings (SSSR count). The van der Waals surface area contributed by atoms with Gasteiger partial charge in [0.2, 0.25) is 0 Å². The molecule has 0 radical (unpaired) electrons. The van der Waals surface area contributed by atoms with Gasteiger partial charge in [0.1, 0.15) is 5.75 Å². The van der Waals surface area contributed by atoms with Crippen LogP contribution in [0.15, 0.2) is 24.3 Å². The monoisotopic (exact) mass is 248 g/mol. The number of hydrogen-bond acceptors (Lipinski definition) is 3. The van der Waals surface area contributed by atoms with Crippen LogP contribution in [0.1, 0.15) is 19.4 Å².